The summed E-state index contributed by atoms with van der Waals surface area (Å²) >= 11 is 0. The van der Waals surface area contributed by atoms with E-state index in [9.17, 15) is 0 Å². The molecule has 0 unspecified atom stereocenters. The van der Waals surface area contributed by atoms with Gasteiger partial charge in [-0.05, 0) is 25.5 Å². The van der Waals surface area contributed by atoms with Crippen molar-refractivity contribution in [2.24, 2.45) is 0 Å². The minimum absolute atomic E-state index is 0.895. The quantitative estimate of drug-likeness (QED) is 0.315. The summed E-state index contributed by atoms with van der Waals surface area (Å²) < 4.78 is 0. The molecule has 0 fully saturated rings. The van der Waals surface area contributed by atoms with Crippen LogP contribution in [0.2, 0.25) is 0 Å². The van der Waals surface area contributed by atoms with E-state index in [0.29, 0.717) is 0 Å². The maximum atomic E-state index is 6.62. The van der Waals surface area contributed by atoms with Crippen molar-refractivity contribution >= 4 is 6.21 Å². The van der Waals surface area contributed by atoms with E-state index in [2.05, 4.69) is 6.58 Å². The highest BCUT2D eigenvalue weighted by Crippen LogP contribution is 1.90. The Kier molecular flexibility index (Phi) is 4.95. The van der Waals surface area contributed by atoms with Crippen LogP contribution < -0.4 is 0 Å². The van der Waals surface area contributed by atoms with Gasteiger partial charge in [0.25, 0.3) is 0 Å². The van der Waals surface area contributed by atoms with Gasteiger partial charge in [-0.25, -0.2) is 0 Å². The Morgan fingerprint density at radius 3 is 2.57 bits per heavy atom. The van der Waals surface area contributed by atoms with Gasteiger partial charge in [0.2, 0.25) is 0 Å². The molecule has 0 radical (unpaired) electrons. The van der Waals surface area contributed by atoms with Crippen molar-refractivity contribution in [3.05, 3.63) is 12.7 Å². The highest BCUT2D eigenvalue weighted by Gasteiger charge is 1.75. The molecule has 0 spiro atoms. The summed E-state index contributed by atoms with van der Waals surface area (Å²) in [5.41, 5.74) is 0. The Bertz CT molecular complexity index is 49.2. The lowest BCUT2D eigenvalue weighted by Gasteiger charge is -1.83. The number of hydrogen-bond acceptors (Lipinski definition) is 1. The molecule has 0 aliphatic heterocycles. The highest BCUT2D eigenvalue weighted by atomic mass is 14.3. The van der Waals surface area contributed by atoms with Crippen LogP contribution in [0.3, 0.4) is 0 Å². The molecule has 0 atom stereocenters. The number of unbranched alkanes of at least 4 members (excludes halogenated alkanes) is 2. The van der Waals surface area contributed by atoms with Crippen molar-refractivity contribution in [3.63, 3.8) is 0 Å². The van der Waals surface area contributed by atoms with Crippen LogP contribution >= 0.6 is 0 Å². The van der Waals surface area contributed by atoms with Gasteiger partial charge in [0.1, 0.15) is 0 Å². The SMILES string of the molecule is C=CCCCC=N. The Hall–Kier alpha value is -0.590. The third kappa shape index (κ3) is 5.41. The third-order valence-corrected chi connectivity index (χ3v) is 0.757. The molecule has 0 heterocycles. The van der Waals surface area contributed by atoms with Gasteiger partial charge in [0.15, 0.2) is 0 Å². The monoisotopic (exact) mass is 97.1 g/mol. The molecule has 1 nitrogen and oxygen atoms in total. The predicted octanol–water partition coefficient (Wildman–Crippen LogP) is 1.99. The molecule has 0 rings (SSSR count). The van der Waals surface area contributed by atoms with Crippen LogP contribution in [0.1, 0.15) is 19.3 Å². The van der Waals surface area contributed by atoms with Crippen LogP contribution in [0.15, 0.2) is 12.7 Å². The van der Waals surface area contributed by atoms with E-state index < -0.39 is 0 Å². The lowest BCUT2D eigenvalue weighted by Crippen LogP contribution is -1.70. The fourth-order valence-corrected chi connectivity index (χ4v) is 0.364. The van der Waals surface area contributed by atoms with Crippen LogP contribution in [-0.2, 0) is 0 Å². The lowest BCUT2D eigenvalue weighted by molar-refractivity contribution is 0.903. The van der Waals surface area contributed by atoms with E-state index in [1.807, 2.05) is 6.08 Å². The summed E-state index contributed by atoms with van der Waals surface area (Å²) in [6, 6.07) is 0. The third-order valence-electron chi connectivity index (χ3n) is 0.757. The van der Waals surface area contributed by atoms with Crippen molar-refractivity contribution in [2.45, 2.75) is 19.3 Å². The highest BCUT2D eigenvalue weighted by molar-refractivity contribution is 5.52. The van der Waals surface area contributed by atoms with Crippen LogP contribution in [0, 0.1) is 5.41 Å². The van der Waals surface area contributed by atoms with E-state index in [-0.39, 0.29) is 0 Å². The second-order valence-corrected chi connectivity index (χ2v) is 1.42. The molecule has 0 amide bonds. The van der Waals surface area contributed by atoms with Crippen molar-refractivity contribution < 1.29 is 0 Å². The number of rotatable bonds is 4. The molecule has 0 bridgehead atoms. The summed E-state index contributed by atoms with van der Waals surface area (Å²) in [5.74, 6) is 0. The zero-order valence-electron chi connectivity index (χ0n) is 4.48. The predicted molar refractivity (Wildman–Crippen MR) is 32.8 cm³/mol. The average Bonchev–Trinajstić information content (AvgIpc) is 1.69. The normalized spacial score (nSPS) is 8.00. The fraction of sp³-hybridized carbons (Fsp3) is 0.500. The summed E-state index contributed by atoms with van der Waals surface area (Å²) in [4.78, 5) is 0. The molecule has 0 saturated carbocycles. The molecular weight excluding hydrogens is 86.1 g/mol. The second-order valence-electron chi connectivity index (χ2n) is 1.42. The zero-order chi connectivity index (χ0) is 5.54. The summed E-state index contributed by atoms with van der Waals surface area (Å²) in [7, 11) is 0. The Morgan fingerprint density at radius 1 is 1.43 bits per heavy atom. The maximum absolute atomic E-state index is 6.62. The Balaban J connectivity index is 2.68. The van der Waals surface area contributed by atoms with E-state index >= 15 is 0 Å². The van der Waals surface area contributed by atoms with Crippen molar-refractivity contribution in [3.8, 4) is 0 Å². The van der Waals surface area contributed by atoms with E-state index in [0.717, 1.165) is 19.3 Å². The largest absolute Gasteiger partial charge is 0.313 e. The standard InChI is InChI=1S/C6H11N/c1-2-3-4-5-6-7/h2,6-7H,1,3-5H2. The van der Waals surface area contributed by atoms with Crippen LogP contribution in [0.4, 0.5) is 0 Å². The first-order chi connectivity index (χ1) is 3.41. The van der Waals surface area contributed by atoms with Crippen molar-refractivity contribution in [2.75, 3.05) is 0 Å². The van der Waals surface area contributed by atoms with Gasteiger partial charge in [-0.3, -0.25) is 0 Å². The van der Waals surface area contributed by atoms with E-state index in [1.54, 1.807) is 0 Å². The average molecular weight is 97.2 g/mol. The first-order valence-corrected chi connectivity index (χ1v) is 2.51. The number of nitrogens with one attached hydrogen (secondary N) is 1. The molecule has 40 valence electrons. The molecule has 0 aromatic rings. The molecule has 0 saturated heterocycles. The van der Waals surface area contributed by atoms with Gasteiger partial charge in [0, 0.05) is 0 Å². The first-order valence-electron chi connectivity index (χ1n) is 2.51. The molecule has 0 aliphatic carbocycles. The second kappa shape index (κ2) is 5.41. The Morgan fingerprint density at radius 2 is 2.14 bits per heavy atom. The molecule has 0 aromatic carbocycles. The van der Waals surface area contributed by atoms with Crippen LogP contribution in [0.5, 0.6) is 0 Å². The van der Waals surface area contributed by atoms with E-state index in [1.165, 1.54) is 6.21 Å². The molecular formula is C6H11N. The molecule has 1 heteroatoms. The van der Waals surface area contributed by atoms with E-state index in [4.69, 9.17) is 5.41 Å². The van der Waals surface area contributed by atoms with Gasteiger partial charge < -0.3 is 5.41 Å². The van der Waals surface area contributed by atoms with Crippen LogP contribution in [0.25, 0.3) is 0 Å². The molecule has 7 heavy (non-hydrogen) atoms. The minimum atomic E-state index is 0.895. The van der Waals surface area contributed by atoms with Gasteiger partial charge in [0.05, 0.1) is 0 Å². The fourth-order valence-electron chi connectivity index (χ4n) is 0.364. The molecule has 0 aromatic heterocycles. The van der Waals surface area contributed by atoms with Gasteiger partial charge in [-0.2, -0.15) is 0 Å². The van der Waals surface area contributed by atoms with Gasteiger partial charge >= 0.3 is 0 Å². The summed E-state index contributed by atoms with van der Waals surface area (Å²) in [6.07, 6.45) is 6.32. The van der Waals surface area contributed by atoms with Gasteiger partial charge in [-0.1, -0.05) is 6.08 Å². The smallest absolute Gasteiger partial charge is 0.00476 e. The number of allylic oxidation sites excluding steroid dienone is 1. The van der Waals surface area contributed by atoms with Crippen molar-refractivity contribution in [1.82, 2.24) is 0 Å². The summed E-state index contributed by atoms with van der Waals surface area (Å²) in [6.45, 7) is 3.56. The molecule has 1 N–H and O–H groups in total. The van der Waals surface area contributed by atoms with Crippen molar-refractivity contribution in [1.29, 1.82) is 5.41 Å². The first kappa shape index (κ1) is 6.41. The summed E-state index contributed by atoms with van der Waals surface area (Å²) in [5, 5.41) is 6.62. The zero-order valence-corrected chi connectivity index (χ0v) is 4.48. The molecule has 0 aliphatic rings. The van der Waals surface area contributed by atoms with Crippen LogP contribution in [-0.4, -0.2) is 6.21 Å². The van der Waals surface area contributed by atoms with Gasteiger partial charge in [-0.15, -0.1) is 6.58 Å². The Labute approximate surface area is 44.6 Å². The maximum Gasteiger partial charge on any atom is -0.00476 e. The number of hydrogen-bond donors (Lipinski definition) is 1. The minimum Gasteiger partial charge on any atom is -0.313 e. The topological polar surface area (TPSA) is 23.9 Å². The lowest BCUT2D eigenvalue weighted by atomic mass is 10.2.